The van der Waals surface area contributed by atoms with E-state index in [-0.39, 0.29) is 0 Å². The molecule has 0 aromatic heterocycles. The third kappa shape index (κ3) is 6.12. The summed E-state index contributed by atoms with van der Waals surface area (Å²) in [4.78, 5) is 9.54. The van der Waals surface area contributed by atoms with E-state index in [2.05, 4.69) is 20.1 Å². The molecule has 1 N–H and O–H groups in total. The maximum Gasteiger partial charge on any atom is 0.193 e. The fraction of sp³-hybridized carbons (Fsp3) is 0.947. The summed E-state index contributed by atoms with van der Waals surface area (Å²) in [7, 11) is 1.90. The lowest BCUT2D eigenvalue weighted by Gasteiger charge is -2.23. The van der Waals surface area contributed by atoms with Crippen molar-refractivity contribution < 1.29 is 9.47 Å². The van der Waals surface area contributed by atoms with Gasteiger partial charge in [0.1, 0.15) is 0 Å². The first kappa shape index (κ1) is 18.9. The van der Waals surface area contributed by atoms with Gasteiger partial charge in [-0.05, 0) is 51.1 Å². The largest absolute Gasteiger partial charge is 0.381 e. The SMILES string of the molecule is CN=C(NCCCOCC1CCOC1)N1CCC(CN2CCCC2)C1. The molecule has 2 atom stereocenters. The van der Waals surface area contributed by atoms with Crippen LogP contribution >= 0.6 is 0 Å². The lowest BCUT2D eigenvalue weighted by Crippen LogP contribution is -2.41. The first-order chi connectivity index (χ1) is 12.3. The van der Waals surface area contributed by atoms with Gasteiger partial charge in [0.25, 0.3) is 0 Å². The molecule has 0 spiro atoms. The number of aliphatic imine (C=N–C) groups is 1. The predicted octanol–water partition coefficient (Wildman–Crippen LogP) is 1.42. The zero-order valence-electron chi connectivity index (χ0n) is 15.9. The standard InChI is InChI=1S/C19H36N4O2/c1-20-19(21-7-4-11-24-15-18-6-12-25-16-18)23-10-5-17(14-23)13-22-8-2-3-9-22/h17-18H,2-16H2,1H3,(H,20,21). The topological polar surface area (TPSA) is 49.3 Å². The van der Waals surface area contributed by atoms with Crippen LogP contribution in [0, 0.1) is 11.8 Å². The molecule has 2 unspecified atom stereocenters. The third-order valence-electron chi connectivity index (χ3n) is 5.64. The number of rotatable bonds is 8. The Hall–Kier alpha value is -0.850. The van der Waals surface area contributed by atoms with Gasteiger partial charge in [0.15, 0.2) is 5.96 Å². The summed E-state index contributed by atoms with van der Waals surface area (Å²) >= 11 is 0. The highest BCUT2D eigenvalue weighted by atomic mass is 16.5. The van der Waals surface area contributed by atoms with Crippen LogP contribution in [0.3, 0.4) is 0 Å². The van der Waals surface area contributed by atoms with E-state index in [1.165, 1.54) is 38.9 Å². The number of likely N-dealkylation sites (tertiary alicyclic amines) is 2. The molecule has 3 heterocycles. The van der Waals surface area contributed by atoms with Crippen LogP contribution in [0.5, 0.6) is 0 Å². The number of hydrogen-bond donors (Lipinski definition) is 1. The van der Waals surface area contributed by atoms with Gasteiger partial charge in [-0.15, -0.1) is 0 Å². The van der Waals surface area contributed by atoms with Crippen molar-refractivity contribution >= 4 is 5.96 Å². The molecule has 3 aliphatic heterocycles. The van der Waals surface area contributed by atoms with E-state index in [9.17, 15) is 0 Å². The maximum absolute atomic E-state index is 5.77. The fourth-order valence-corrected chi connectivity index (χ4v) is 4.18. The Bertz CT molecular complexity index is 406. The first-order valence-electron chi connectivity index (χ1n) is 10.2. The average molecular weight is 353 g/mol. The molecule has 6 nitrogen and oxygen atoms in total. The van der Waals surface area contributed by atoms with Gasteiger partial charge < -0.3 is 24.6 Å². The Morgan fingerprint density at radius 1 is 1.20 bits per heavy atom. The van der Waals surface area contributed by atoms with Crippen LogP contribution in [-0.2, 0) is 9.47 Å². The molecule has 0 bridgehead atoms. The van der Waals surface area contributed by atoms with E-state index in [0.29, 0.717) is 5.92 Å². The molecule has 3 saturated heterocycles. The average Bonchev–Trinajstić information content (AvgIpc) is 3.37. The minimum absolute atomic E-state index is 0.609. The Morgan fingerprint density at radius 3 is 2.84 bits per heavy atom. The number of hydrogen-bond acceptors (Lipinski definition) is 4. The molecule has 6 heteroatoms. The highest BCUT2D eigenvalue weighted by Crippen LogP contribution is 2.20. The summed E-state index contributed by atoms with van der Waals surface area (Å²) in [6.07, 6.45) is 6.24. The van der Waals surface area contributed by atoms with Crippen LogP contribution < -0.4 is 5.32 Å². The van der Waals surface area contributed by atoms with Crippen molar-refractivity contribution in [3.63, 3.8) is 0 Å². The van der Waals surface area contributed by atoms with E-state index < -0.39 is 0 Å². The predicted molar refractivity (Wildman–Crippen MR) is 101 cm³/mol. The highest BCUT2D eigenvalue weighted by molar-refractivity contribution is 5.80. The van der Waals surface area contributed by atoms with Crippen molar-refractivity contribution in [2.24, 2.45) is 16.8 Å². The van der Waals surface area contributed by atoms with E-state index in [1.807, 2.05) is 7.05 Å². The first-order valence-corrected chi connectivity index (χ1v) is 10.2. The molecular weight excluding hydrogens is 316 g/mol. The quantitative estimate of drug-likeness (QED) is 0.407. The summed E-state index contributed by atoms with van der Waals surface area (Å²) in [6, 6.07) is 0. The van der Waals surface area contributed by atoms with E-state index >= 15 is 0 Å². The van der Waals surface area contributed by atoms with Gasteiger partial charge in [-0.2, -0.15) is 0 Å². The Balaban J connectivity index is 1.26. The molecule has 3 aliphatic rings. The summed E-state index contributed by atoms with van der Waals surface area (Å²) < 4.78 is 11.1. The summed E-state index contributed by atoms with van der Waals surface area (Å²) in [5.74, 6) is 2.47. The second-order valence-electron chi connectivity index (χ2n) is 7.74. The van der Waals surface area contributed by atoms with E-state index in [0.717, 1.165) is 70.8 Å². The number of guanidine groups is 1. The van der Waals surface area contributed by atoms with Gasteiger partial charge in [-0.3, -0.25) is 4.99 Å². The molecule has 3 fully saturated rings. The number of nitrogens with zero attached hydrogens (tertiary/aromatic N) is 3. The second-order valence-corrected chi connectivity index (χ2v) is 7.74. The molecule has 0 aromatic carbocycles. The van der Waals surface area contributed by atoms with Gasteiger partial charge in [-0.25, -0.2) is 0 Å². The molecule has 0 radical (unpaired) electrons. The monoisotopic (exact) mass is 352 g/mol. The Kier molecular flexibility index (Phi) is 7.82. The molecule has 0 amide bonds. The lowest BCUT2D eigenvalue weighted by atomic mass is 10.1. The van der Waals surface area contributed by atoms with Crippen molar-refractivity contribution in [1.29, 1.82) is 0 Å². The maximum atomic E-state index is 5.77. The zero-order valence-corrected chi connectivity index (χ0v) is 15.9. The van der Waals surface area contributed by atoms with Gasteiger partial charge in [0.2, 0.25) is 0 Å². The van der Waals surface area contributed by atoms with Gasteiger partial charge in [0.05, 0.1) is 13.2 Å². The van der Waals surface area contributed by atoms with Crippen LogP contribution in [0.15, 0.2) is 4.99 Å². The van der Waals surface area contributed by atoms with E-state index in [1.54, 1.807) is 0 Å². The van der Waals surface area contributed by atoms with Crippen LogP contribution in [0.25, 0.3) is 0 Å². The number of nitrogens with one attached hydrogen (secondary N) is 1. The summed E-state index contributed by atoms with van der Waals surface area (Å²) in [5.41, 5.74) is 0. The van der Waals surface area contributed by atoms with Crippen LogP contribution in [0.2, 0.25) is 0 Å². The molecule has 0 aliphatic carbocycles. The molecule has 0 saturated carbocycles. The molecule has 3 rings (SSSR count). The molecule has 144 valence electrons. The van der Waals surface area contributed by atoms with E-state index in [4.69, 9.17) is 9.47 Å². The van der Waals surface area contributed by atoms with Gasteiger partial charge in [-0.1, -0.05) is 0 Å². The van der Waals surface area contributed by atoms with Gasteiger partial charge in [0, 0.05) is 52.4 Å². The minimum atomic E-state index is 0.609. The van der Waals surface area contributed by atoms with Crippen LogP contribution in [0.1, 0.15) is 32.1 Å². The van der Waals surface area contributed by atoms with Gasteiger partial charge >= 0.3 is 0 Å². The van der Waals surface area contributed by atoms with Crippen molar-refractivity contribution in [1.82, 2.24) is 15.1 Å². The molecule has 0 aromatic rings. The van der Waals surface area contributed by atoms with Crippen molar-refractivity contribution in [2.45, 2.75) is 32.1 Å². The normalized spacial score (nSPS) is 28.2. The van der Waals surface area contributed by atoms with Crippen molar-refractivity contribution in [3.8, 4) is 0 Å². The van der Waals surface area contributed by atoms with Crippen molar-refractivity contribution in [2.75, 3.05) is 72.7 Å². The summed E-state index contributed by atoms with van der Waals surface area (Å²) in [6.45, 7) is 10.5. The van der Waals surface area contributed by atoms with Crippen LogP contribution in [-0.4, -0.2) is 88.5 Å². The minimum Gasteiger partial charge on any atom is -0.381 e. The Morgan fingerprint density at radius 2 is 2.08 bits per heavy atom. The number of ether oxygens (including phenoxy) is 2. The van der Waals surface area contributed by atoms with Crippen molar-refractivity contribution in [3.05, 3.63) is 0 Å². The Labute approximate surface area is 152 Å². The van der Waals surface area contributed by atoms with Crippen LogP contribution in [0.4, 0.5) is 0 Å². The molecule has 25 heavy (non-hydrogen) atoms. The molecular formula is C19H36N4O2. The zero-order chi connectivity index (χ0) is 17.3. The second kappa shape index (κ2) is 10.3. The lowest BCUT2D eigenvalue weighted by molar-refractivity contribution is 0.0887. The smallest absolute Gasteiger partial charge is 0.193 e. The third-order valence-corrected chi connectivity index (χ3v) is 5.64. The summed E-state index contributed by atoms with van der Waals surface area (Å²) in [5, 5.41) is 3.51. The highest BCUT2D eigenvalue weighted by Gasteiger charge is 2.27. The fourth-order valence-electron chi connectivity index (χ4n) is 4.18.